The first-order valence-electron chi connectivity index (χ1n) is 5.88. The maximum absolute atomic E-state index is 11.7. The summed E-state index contributed by atoms with van der Waals surface area (Å²) < 4.78 is -0.885. The van der Waals surface area contributed by atoms with Gasteiger partial charge in [-0.25, -0.2) is 0 Å². The zero-order valence-corrected chi connectivity index (χ0v) is 12.0. The van der Waals surface area contributed by atoms with Crippen molar-refractivity contribution in [2.24, 2.45) is 5.92 Å². The van der Waals surface area contributed by atoms with E-state index in [1.165, 1.54) is 0 Å². The topological polar surface area (TPSA) is 49.3 Å². The molecule has 0 spiro atoms. The molecule has 2 aliphatic carbocycles. The van der Waals surface area contributed by atoms with Gasteiger partial charge in [0.25, 0.3) is 0 Å². The van der Waals surface area contributed by atoms with Crippen LogP contribution in [-0.2, 0) is 4.79 Å². The normalized spacial score (nSPS) is 38.4. The third-order valence-corrected chi connectivity index (χ3v) is 5.76. The van der Waals surface area contributed by atoms with Gasteiger partial charge in [0.1, 0.15) is 4.33 Å². The highest BCUT2D eigenvalue weighted by Gasteiger charge is 2.56. The Kier molecular flexibility index (Phi) is 3.89. The van der Waals surface area contributed by atoms with E-state index in [0.29, 0.717) is 13.0 Å². The van der Waals surface area contributed by atoms with Crippen LogP contribution < -0.4 is 5.32 Å². The number of thioether (sulfide) groups is 1. The molecule has 2 rings (SSSR count). The molecule has 17 heavy (non-hydrogen) atoms. The zero-order valence-electron chi connectivity index (χ0n) is 9.71. The number of nitrogens with one attached hydrogen (secondary N) is 1. The van der Waals surface area contributed by atoms with Gasteiger partial charge in [0.05, 0.1) is 11.5 Å². The van der Waals surface area contributed by atoms with Gasteiger partial charge in [-0.05, 0) is 25.0 Å². The third kappa shape index (κ3) is 2.86. The van der Waals surface area contributed by atoms with Crippen molar-refractivity contribution in [3.05, 3.63) is 0 Å². The highest BCUT2D eigenvalue weighted by molar-refractivity contribution is 8.00. The maximum atomic E-state index is 11.7. The van der Waals surface area contributed by atoms with Gasteiger partial charge >= 0.3 is 0 Å². The van der Waals surface area contributed by atoms with E-state index < -0.39 is 9.93 Å². The largest absolute Gasteiger partial charge is 0.387 e. The van der Waals surface area contributed by atoms with Crippen LogP contribution in [0.4, 0.5) is 0 Å². The van der Waals surface area contributed by atoms with E-state index in [9.17, 15) is 9.90 Å². The molecule has 1 amide bonds. The summed E-state index contributed by atoms with van der Waals surface area (Å²) in [5.41, 5.74) is -0.744. The first kappa shape index (κ1) is 13.8. The minimum absolute atomic E-state index is 0.143. The lowest BCUT2D eigenvalue weighted by atomic mass is 9.79. The lowest BCUT2D eigenvalue weighted by Crippen LogP contribution is -2.57. The second-order valence-corrected chi connectivity index (χ2v) is 7.84. The molecule has 2 fully saturated rings. The second kappa shape index (κ2) is 4.80. The summed E-state index contributed by atoms with van der Waals surface area (Å²) in [7, 11) is 0. The van der Waals surface area contributed by atoms with Gasteiger partial charge < -0.3 is 10.4 Å². The van der Waals surface area contributed by atoms with Crippen LogP contribution in [-0.4, -0.2) is 38.5 Å². The van der Waals surface area contributed by atoms with Crippen LogP contribution in [0.2, 0.25) is 0 Å². The van der Waals surface area contributed by atoms with Crippen molar-refractivity contribution in [2.45, 2.75) is 41.4 Å². The van der Waals surface area contributed by atoms with Crippen LogP contribution >= 0.6 is 35.0 Å². The first-order chi connectivity index (χ1) is 7.89. The summed E-state index contributed by atoms with van der Waals surface area (Å²) in [6.45, 7) is 2.38. The van der Waals surface area contributed by atoms with Crippen molar-refractivity contribution in [3.8, 4) is 0 Å². The molecule has 0 aromatic carbocycles. The number of carbonyl (C=O) groups is 1. The van der Waals surface area contributed by atoms with Crippen molar-refractivity contribution in [2.75, 3.05) is 12.3 Å². The predicted molar refractivity (Wildman–Crippen MR) is 71.7 cm³/mol. The van der Waals surface area contributed by atoms with Crippen molar-refractivity contribution < 1.29 is 9.90 Å². The molecule has 0 aromatic rings. The number of hydrogen-bond acceptors (Lipinski definition) is 3. The summed E-state index contributed by atoms with van der Waals surface area (Å²) in [4.78, 5) is 11.7. The summed E-state index contributed by atoms with van der Waals surface area (Å²) in [6.07, 6.45) is 2.28. The van der Waals surface area contributed by atoms with Crippen LogP contribution in [0.5, 0.6) is 0 Å². The Balaban J connectivity index is 1.77. The molecular weight excluding hydrogens is 281 g/mol. The zero-order chi connectivity index (χ0) is 12.7. The van der Waals surface area contributed by atoms with Crippen LogP contribution in [0.25, 0.3) is 0 Å². The van der Waals surface area contributed by atoms with Crippen molar-refractivity contribution in [1.82, 2.24) is 5.32 Å². The Morgan fingerprint density at radius 2 is 2.24 bits per heavy atom. The SMILES string of the molecule is CCS[C@@H]1CC[C@]1(O)CNC(=O)[C@@H]1CC1(Cl)Cl. The van der Waals surface area contributed by atoms with Crippen LogP contribution in [0.3, 0.4) is 0 Å². The number of halogens is 2. The fourth-order valence-corrected chi connectivity index (χ4v) is 3.80. The highest BCUT2D eigenvalue weighted by atomic mass is 35.5. The predicted octanol–water partition coefficient (Wildman–Crippen LogP) is 1.94. The molecule has 3 atom stereocenters. The lowest BCUT2D eigenvalue weighted by Gasteiger charge is -2.45. The molecule has 2 N–H and O–H groups in total. The van der Waals surface area contributed by atoms with Gasteiger partial charge in [-0.15, -0.1) is 23.2 Å². The van der Waals surface area contributed by atoms with Crippen molar-refractivity contribution in [1.29, 1.82) is 0 Å². The van der Waals surface area contributed by atoms with Crippen LogP contribution in [0.15, 0.2) is 0 Å². The molecular formula is C11H17Cl2NO2S. The Morgan fingerprint density at radius 3 is 2.65 bits per heavy atom. The quantitative estimate of drug-likeness (QED) is 0.763. The summed E-state index contributed by atoms with van der Waals surface area (Å²) >= 11 is 13.4. The average Bonchev–Trinajstić information content (AvgIpc) is 2.90. The Labute approximate surface area is 116 Å². The monoisotopic (exact) mass is 297 g/mol. The molecule has 3 nitrogen and oxygen atoms in total. The number of hydrogen-bond donors (Lipinski definition) is 2. The minimum atomic E-state index is -0.885. The van der Waals surface area contributed by atoms with Gasteiger partial charge in [0.2, 0.25) is 5.91 Å². The number of rotatable bonds is 5. The third-order valence-electron chi connectivity index (χ3n) is 3.52. The average molecular weight is 298 g/mol. The highest BCUT2D eigenvalue weighted by Crippen LogP contribution is 2.53. The van der Waals surface area contributed by atoms with Gasteiger partial charge in [-0.3, -0.25) is 4.79 Å². The first-order valence-corrected chi connectivity index (χ1v) is 7.69. The molecule has 0 bridgehead atoms. The second-order valence-electron chi connectivity index (χ2n) is 4.82. The fraction of sp³-hybridized carbons (Fsp3) is 0.909. The number of alkyl halides is 2. The maximum Gasteiger partial charge on any atom is 0.226 e. The Bertz CT molecular complexity index is 327. The molecule has 6 heteroatoms. The van der Waals surface area contributed by atoms with Crippen LogP contribution in [0.1, 0.15) is 26.2 Å². The van der Waals surface area contributed by atoms with E-state index >= 15 is 0 Å². The van der Waals surface area contributed by atoms with E-state index in [1.54, 1.807) is 11.8 Å². The standard InChI is InChI=1S/C11H17Cl2NO2S/c1-2-17-8-3-4-10(8,16)6-14-9(15)7-5-11(7,12)13/h7-8,16H,2-6H2,1H3,(H,14,15)/t7-,8+,10-/m0/s1. The fourth-order valence-electron chi connectivity index (χ4n) is 2.10. The van der Waals surface area contributed by atoms with E-state index in [-0.39, 0.29) is 17.1 Å². The van der Waals surface area contributed by atoms with Crippen LogP contribution in [0, 0.1) is 5.92 Å². The Hall–Kier alpha value is 0.360. The molecule has 0 heterocycles. The van der Waals surface area contributed by atoms with Crippen molar-refractivity contribution >= 4 is 40.9 Å². The van der Waals surface area contributed by atoms with Crippen molar-refractivity contribution in [3.63, 3.8) is 0 Å². The lowest BCUT2D eigenvalue weighted by molar-refractivity contribution is -0.124. The van der Waals surface area contributed by atoms with Gasteiger partial charge in [-0.2, -0.15) is 11.8 Å². The molecule has 98 valence electrons. The molecule has 2 aliphatic rings. The molecule has 0 radical (unpaired) electrons. The van der Waals surface area contributed by atoms with E-state index in [1.807, 2.05) is 0 Å². The molecule has 0 aromatic heterocycles. The number of carbonyl (C=O) groups excluding carboxylic acids is 1. The molecule has 0 aliphatic heterocycles. The smallest absolute Gasteiger partial charge is 0.226 e. The van der Waals surface area contributed by atoms with Gasteiger partial charge in [0.15, 0.2) is 0 Å². The summed E-state index contributed by atoms with van der Waals surface area (Å²) in [5.74, 6) is 0.526. The van der Waals surface area contributed by atoms with Gasteiger partial charge in [-0.1, -0.05) is 6.92 Å². The van der Waals surface area contributed by atoms with E-state index in [0.717, 1.165) is 18.6 Å². The van der Waals surface area contributed by atoms with E-state index in [2.05, 4.69) is 12.2 Å². The molecule has 0 unspecified atom stereocenters. The number of amides is 1. The minimum Gasteiger partial charge on any atom is -0.387 e. The molecule has 2 saturated carbocycles. The summed E-state index contributed by atoms with van der Waals surface area (Å²) in [5, 5.41) is 13.3. The Morgan fingerprint density at radius 1 is 1.59 bits per heavy atom. The number of aliphatic hydroxyl groups is 1. The van der Waals surface area contributed by atoms with Gasteiger partial charge in [0, 0.05) is 11.8 Å². The van der Waals surface area contributed by atoms with E-state index in [4.69, 9.17) is 23.2 Å². The summed E-state index contributed by atoms with van der Waals surface area (Å²) in [6, 6.07) is 0. The molecule has 0 saturated heterocycles.